The summed E-state index contributed by atoms with van der Waals surface area (Å²) in [6.45, 7) is 1.93. The van der Waals surface area contributed by atoms with Gasteiger partial charge in [-0.15, -0.1) is 22.7 Å². The maximum Gasteiger partial charge on any atom is 0.178 e. The third kappa shape index (κ3) is 2.34. The number of hydrogen-bond acceptors (Lipinski definition) is 3. The number of aryl methyl sites for hydroxylation is 1. The molecule has 0 aliphatic carbocycles. The van der Waals surface area contributed by atoms with E-state index in [4.69, 9.17) is 11.6 Å². The molecular formula is C15H11ClOS2. The molecule has 4 heteroatoms. The van der Waals surface area contributed by atoms with E-state index in [9.17, 15) is 4.79 Å². The van der Waals surface area contributed by atoms with Crippen molar-refractivity contribution in [3.05, 3.63) is 56.1 Å². The molecule has 3 aromatic rings. The fourth-order valence-corrected chi connectivity index (χ4v) is 4.24. The van der Waals surface area contributed by atoms with Crippen molar-refractivity contribution in [2.75, 3.05) is 0 Å². The smallest absolute Gasteiger partial charge is 0.178 e. The summed E-state index contributed by atoms with van der Waals surface area (Å²) in [5, 5.41) is 5.78. The van der Waals surface area contributed by atoms with Crippen LogP contribution in [-0.4, -0.2) is 5.78 Å². The van der Waals surface area contributed by atoms with Crippen molar-refractivity contribution >= 4 is 50.1 Å². The molecule has 0 unspecified atom stereocenters. The van der Waals surface area contributed by atoms with E-state index in [1.54, 1.807) is 11.3 Å². The lowest BCUT2D eigenvalue weighted by molar-refractivity contribution is 0.0997. The van der Waals surface area contributed by atoms with Gasteiger partial charge in [0.1, 0.15) is 0 Å². The second-order valence-electron chi connectivity index (χ2n) is 4.42. The molecule has 0 saturated carbocycles. The minimum atomic E-state index is 0.103. The minimum Gasteiger partial charge on any atom is -0.293 e. The van der Waals surface area contributed by atoms with Crippen molar-refractivity contribution in [1.82, 2.24) is 0 Å². The molecule has 0 aliphatic heterocycles. The van der Waals surface area contributed by atoms with Crippen LogP contribution in [0.2, 0.25) is 5.02 Å². The predicted molar refractivity (Wildman–Crippen MR) is 83.9 cm³/mol. The zero-order valence-electron chi connectivity index (χ0n) is 10.3. The Morgan fingerprint density at radius 2 is 2.00 bits per heavy atom. The maximum absolute atomic E-state index is 12.3. The Morgan fingerprint density at radius 1 is 1.21 bits per heavy atom. The highest BCUT2D eigenvalue weighted by Gasteiger charge is 2.16. The van der Waals surface area contributed by atoms with E-state index in [1.807, 2.05) is 24.4 Å². The third-order valence-electron chi connectivity index (χ3n) is 3.06. The van der Waals surface area contributed by atoms with Gasteiger partial charge >= 0.3 is 0 Å². The Kier molecular flexibility index (Phi) is 3.44. The first-order valence-corrected chi connectivity index (χ1v) is 8.02. The van der Waals surface area contributed by atoms with Gasteiger partial charge in [-0.2, -0.15) is 0 Å². The summed E-state index contributed by atoms with van der Waals surface area (Å²) in [6.07, 6.45) is 0.420. The molecule has 0 amide bonds. The SMILES string of the molecule is Cc1csc(C(=O)Cc2csc3ccccc23)c1Cl. The monoisotopic (exact) mass is 306 g/mol. The van der Waals surface area contributed by atoms with Gasteiger partial charge in [-0.25, -0.2) is 0 Å². The van der Waals surface area contributed by atoms with Crippen LogP contribution in [0.3, 0.4) is 0 Å². The molecule has 1 aromatic carbocycles. The van der Waals surface area contributed by atoms with Crippen LogP contribution >= 0.6 is 34.3 Å². The molecule has 1 nitrogen and oxygen atoms in total. The molecule has 96 valence electrons. The van der Waals surface area contributed by atoms with Gasteiger partial charge in [0, 0.05) is 11.1 Å². The van der Waals surface area contributed by atoms with Crippen LogP contribution < -0.4 is 0 Å². The second-order valence-corrected chi connectivity index (χ2v) is 6.59. The molecule has 2 aromatic heterocycles. The molecule has 0 saturated heterocycles. The lowest BCUT2D eigenvalue weighted by Gasteiger charge is -1.99. The van der Waals surface area contributed by atoms with E-state index >= 15 is 0 Å². The number of benzene rings is 1. The molecule has 0 N–H and O–H groups in total. The van der Waals surface area contributed by atoms with Crippen LogP contribution in [0.4, 0.5) is 0 Å². The molecule has 0 fully saturated rings. The topological polar surface area (TPSA) is 17.1 Å². The maximum atomic E-state index is 12.3. The molecule has 3 rings (SSSR count). The first-order chi connectivity index (χ1) is 9.16. The van der Waals surface area contributed by atoms with Gasteiger partial charge in [-0.05, 0) is 40.3 Å². The number of ketones is 1. The minimum absolute atomic E-state index is 0.103. The second kappa shape index (κ2) is 5.08. The lowest BCUT2D eigenvalue weighted by Crippen LogP contribution is -2.01. The van der Waals surface area contributed by atoms with Gasteiger partial charge in [-0.3, -0.25) is 4.79 Å². The highest BCUT2D eigenvalue weighted by Crippen LogP contribution is 2.31. The van der Waals surface area contributed by atoms with Crippen molar-refractivity contribution in [2.24, 2.45) is 0 Å². The number of fused-ring (bicyclic) bond motifs is 1. The summed E-state index contributed by atoms with van der Waals surface area (Å²) in [7, 11) is 0. The van der Waals surface area contributed by atoms with Gasteiger partial charge in [0.25, 0.3) is 0 Å². The van der Waals surface area contributed by atoms with Crippen molar-refractivity contribution in [1.29, 1.82) is 0 Å². The van der Waals surface area contributed by atoms with Crippen molar-refractivity contribution in [3.8, 4) is 0 Å². The normalized spacial score (nSPS) is 11.1. The standard InChI is InChI=1S/C15H11ClOS2/c1-9-7-19-15(14(9)16)12(17)6-10-8-18-13-5-3-2-4-11(10)13/h2-5,7-8H,6H2,1H3. The van der Waals surface area contributed by atoms with Crippen molar-refractivity contribution in [3.63, 3.8) is 0 Å². The summed E-state index contributed by atoms with van der Waals surface area (Å²) in [6, 6.07) is 8.17. The number of halogens is 1. The van der Waals surface area contributed by atoms with Crippen LogP contribution in [0.5, 0.6) is 0 Å². The first-order valence-electron chi connectivity index (χ1n) is 5.88. The number of hydrogen-bond donors (Lipinski definition) is 0. The van der Waals surface area contributed by atoms with Gasteiger partial charge in [0.2, 0.25) is 0 Å². The molecule has 19 heavy (non-hydrogen) atoms. The number of Topliss-reactive ketones (excluding diaryl/α,β-unsaturated/α-hetero) is 1. The van der Waals surface area contributed by atoms with Crippen LogP contribution in [-0.2, 0) is 6.42 Å². The molecule has 0 spiro atoms. The quantitative estimate of drug-likeness (QED) is 0.596. The molecular weight excluding hydrogens is 296 g/mol. The fourth-order valence-electron chi connectivity index (χ4n) is 2.04. The average molecular weight is 307 g/mol. The first kappa shape index (κ1) is 12.9. The molecule has 0 radical (unpaired) electrons. The fraction of sp³-hybridized carbons (Fsp3) is 0.133. The Hall–Kier alpha value is -1.16. The van der Waals surface area contributed by atoms with Crippen LogP contribution in [0.25, 0.3) is 10.1 Å². The van der Waals surface area contributed by atoms with Crippen molar-refractivity contribution in [2.45, 2.75) is 13.3 Å². The Bertz CT molecular complexity index is 754. The van der Waals surface area contributed by atoms with Crippen LogP contribution in [0.15, 0.2) is 35.0 Å². The highest BCUT2D eigenvalue weighted by atomic mass is 35.5. The van der Waals surface area contributed by atoms with E-state index in [-0.39, 0.29) is 5.78 Å². The van der Waals surface area contributed by atoms with E-state index in [2.05, 4.69) is 17.5 Å². The van der Waals surface area contributed by atoms with Gasteiger partial charge in [0.15, 0.2) is 5.78 Å². The number of thiophene rings is 2. The largest absolute Gasteiger partial charge is 0.293 e. The summed E-state index contributed by atoms with van der Waals surface area (Å²) < 4.78 is 1.22. The Balaban J connectivity index is 1.93. The number of rotatable bonds is 3. The third-order valence-corrected chi connectivity index (χ3v) is 5.81. The predicted octanol–water partition coefficient (Wildman–Crippen LogP) is 5.35. The van der Waals surface area contributed by atoms with Gasteiger partial charge in [-0.1, -0.05) is 29.8 Å². The summed E-state index contributed by atoms with van der Waals surface area (Å²) in [5.41, 5.74) is 2.07. The van der Waals surface area contributed by atoms with E-state index in [0.29, 0.717) is 16.3 Å². The lowest BCUT2D eigenvalue weighted by atomic mass is 10.1. The number of carbonyl (C=O) groups excluding carboxylic acids is 1. The van der Waals surface area contributed by atoms with Crippen LogP contribution in [0, 0.1) is 6.92 Å². The average Bonchev–Trinajstić information content (AvgIpc) is 2.96. The summed E-state index contributed by atoms with van der Waals surface area (Å²) in [5.74, 6) is 0.103. The highest BCUT2D eigenvalue weighted by molar-refractivity contribution is 7.17. The van der Waals surface area contributed by atoms with Gasteiger partial charge in [0.05, 0.1) is 9.90 Å². The van der Waals surface area contributed by atoms with Gasteiger partial charge < -0.3 is 0 Å². The Morgan fingerprint density at radius 3 is 2.74 bits per heavy atom. The molecule has 0 atom stereocenters. The zero-order chi connectivity index (χ0) is 13.4. The van der Waals surface area contributed by atoms with E-state index in [1.165, 1.54) is 21.4 Å². The number of carbonyl (C=O) groups is 1. The van der Waals surface area contributed by atoms with Crippen LogP contribution in [0.1, 0.15) is 20.8 Å². The van der Waals surface area contributed by atoms with E-state index in [0.717, 1.165) is 11.1 Å². The molecule has 0 bridgehead atoms. The molecule has 2 heterocycles. The zero-order valence-corrected chi connectivity index (χ0v) is 12.7. The Labute approximate surface area is 124 Å². The summed E-state index contributed by atoms with van der Waals surface area (Å²) >= 11 is 9.27. The van der Waals surface area contributed by atoms with E-state index < -0.39 is 0 Å². The molecule has 0 aliphatic rings. The summed E-state index contributed by atoms with van der Waals surface area (Å²) in [4.78, 5) is 13.0. The van der Waals surface area contributed by atoms with Crippen molar-refractivity contribution < 1.29 is 4.79 Å².